The van der Waals surface area contributed by atoms with E-state index in [0.29, 0.717) is 16.8 Å². The second-order valence-corrected chi connectivity index (χ2v) is 8.50. The van der Waals surface area contributed by atoms with Crippen LogP contribution in [-0.4, -0.2) is 34.7 Å². The highest BCUT2D eigenvalue weighted by Crippen LogP contribution is 2.34. The van der Waals surface area contributed by atoms with Crippen molar-refractivity contribution in [1.82, 2.24) is 14.9 Å². The van der Waals surface area contributed by atoms with E-state index in [9.17, 15) is 9.59 Å². The summed E-state index contributed by atoms with van der Waals surface area (Å²) in [4.78, 5) is 32.4. The Labute approximate surface area is 158 Å². The molecule has 0 bridgehead atoms. The van der Waals surface area contributed by atoms with Crippen LogP contribution < -0.4 is 10.9 Å². The molecule has 1 N–H and O–H groups in total. The second kappa shape index (κ2) is 7.30. The molecule has 6 nitrogen and oxygen atoms in total. The first-order valence-electron chi connectivity index (χ1n) is 8.53. The zero-order chi connectivity index (χ0) is 18.1. The van der Waals surface area contributed by atoms with E-state index in [2.05, 4.69) is 10.3 Å². The predicted octanol–water partition coefficient (Wildman–Crippen LogP) is 2.79. The summed E-state index contributed by atoms with van der Waals surface area (Å²) in [5.41, 5.74) is 0.722. The molecule has 1 aliphatic heterocycles. The number of hydrogen-bond acceptors (Lipinski definition) is 6. The number of aryl methyl sites for hydroxylation is 1. The highest BCUT2D eigenvalue weighted by molar-refractivity contribution is 7.19. The first-order chi connectivity index (χ1) is 12.6. The van der Waals surface area contributed by atoms with E-state index in [1.165, 1.54) is 27.1 Å². The maximum absolute atomic E-state index is 12.9. The molecule has 26 heavy (non-hydrogen) atoms. The third-order valence-electron chi connectivity index (χ3n) is 4.43. The number of fused-ring (bicyclic) bond motifs is 1. The highest BCUT2D eigenvalue weighted by Gasteiger charge is 2.18. The number of aromatic nitrogens is 2. The number of thiophene rings is 2. The van der Waals surface area contributed by atoms with Gasteiger partial charge < -0.3 is 10.1 Å². The molecule has 4 heterocycles. The van der Waals surface area contributed by atoms with Crippen LogP contribution >= 0.6 is 22.7 Å². The fourth-order valence-electron chi connectivity index (χ4n) is 3.08. The summed E-state index contributed by atoms with van der Waals surface area (Å²) in [6.07, 6.45) is 3.54. The van der Waals surface area contributed by atoms with E-state index in [4.69, 9.17) is 4.74 Å². The number of nitrogens with zero attached hydrogens (tertiary/aromatic N) is 2. The lowest BCUT2D eigenvalue weighted by molar-refractivity contribution is -0.122. The Morgan fingerprint density at radius 2 is 2.35 bits per heavy atom. The van der Waals surface area contributed by atoms with E-state index in [-0.39, 0.29) is 24.1 Å². The molecule has 1 atom stereocenters. The number of nitrogens with one attached hydrogen (secondary N) is 1. The molecule has 0 radical (unpaired) electrons. The first-order valence-corrected chi connectivity index (χ1v) is 10.2. The number of amides is 1. The summed E-state index contributed by atoms with van der Waals surface area (Å²) in [6, 6.07) is 4.06. The van der Waals surface area contributed by atoms with Gasteiger partial charge in [0.05, 0.1) is 17.8 Å². The zero-order valence-electron chi connectivity index (χ0n) is 14.4. The second-order valence-electron chi connectivity index (χ2n) is 6.36. The van der Waals surface area contributed by atoms with E-state index >= 15 is 0 Å². The normalized spacial score (nSPS) is 17.0. The SMILES string of the molecule is Cc1ccc(-c2csc3ncn(CC(=O)NC[C@H]4CCCO4)c(=O)c23)s1. The Morgan fingerprint density at radius 3 is 3.08 bits per heavy atom. The van der Waals surface area contributed by atoms with Crippen molar-refractivity contribution in [2.75, 3.05) is 13.2 Å². The standard InChI is InChI=1S/C18H19N3O3S2/c1-11-4-5-14(26-11)13-9-25-17-16(13)18(23)21(10-20-17)8-15(22)19-7-12-3-2-6-24-12/h4-5,9-10,12H,2-3,6-8H2,1H3,(H,19,22)/t12-/m1/s1. The van der Waals surface area contributed by atoms with Crippen LogP contribution in [0.5, 0.6) is 0 Å². The van der Waals surface area contributed by atoms with Gasteiger partial charge in [0, 0.05) is 33.8 Å². The lowest BCUT2D eigenvalue weighted by Gasteiger charge is -2.11. The largest absolute Gasteiger partial charge is 0.376 e. The average molecular weight is 390 g/mol. The Kier molecular flexibility index (Phi) is 4.88. The fraction of sp³-hybridized carbons (Fsp3) is 0.389. The molecular formula is C18H19N3O3S2. The topological polar surface area (TPSA) is 73.2 Å². The van der Waals surface area contributed by atoms with Gasteiger partial charge in [0.1, 0.15) is 11.4 Å². The van der Waals surface area contributed by atoms with Crippen molar-refractivity contribution in [2.45, 2.75) is 32.4 Å². The molecule has 8 heteroatoms. The molecular weight excluding hydrogens is 370 g/mol. The first kappa shape index (κ1) is 17.4. The van der Waals surface area contributed by atoms with Crippen molar-refractivity contribution in [2.24, 2.45) is 0 Å². The zero-order valence-corrected chi connectivity index (χ0v) is 16.0. The van der Waals surface area contributed by atoms with Crippen molar-refractivity contribution in [1.29, 1.82) is 0 Å². The van der Waals surface area contributed by atoms with E-state index in [1.807, 2.05) is 24.4 Å². The molecule has 4 rings (SSSR count). The molecule has 1 aliphatic rings. The van der Waals surface area contributed by atoms with Gasteiger partial charge in [-0.25, -0.2) is 4.98 Å². The number of carbonyl (C=O) groups excluding carboxylic acids is 1. The molecule has 0 unspecified atom stereocenters. The van der Waals surface area contributed by atoms with Crippen LogP contribution in [0, 0.1) is 6.92 Å². The minimum atomic E-state index is -0.201. The van der Waals surface area contributed by atoms with Crippen molar-refractivity contribution in [3.8, 4) is 10.4 Å². The van der Waals surface area contributed by atoms with Gasteiger partial charge in [0.15, 0.2) is 0 Å². The Hall–Kier alpha value is -2.03. The van der Waals surface area contributed by atoms with E-state index in [1.54, 1.807) is 11.3 Å². The third-order valence-corrected chi connectivity index (χ3v) is 6.35. The molecule has 136 valence electrons. The van der Waals surface area contributed by atoms with Gasteiger partial charge in [0.2, 0.25) is 5.91 Å². The van der Waals surface area contributed by atoms with Gasteiger partial charge in [-0.1, -0.05) is 0 Å². The van der Waals surface area contributed by atoms with Gasteiger partial charge in [-0.15, -0.1) is 22.7 Å². The summed E-state index contributed by atoms with van der Waals surface area (Å²) in [5.74, 6) is -0.201. The molecule has 1 amide bonds. The summed E-state index contributed by atoms with van der Waals surface area (Å²) >= 11 is 3.10. The number of rotatable bonds is 5. The predicted molar refractivity (Wildman–Crippen MR) is 104 cm³/mol. The summed E-state index contributed by atoms with van der Waals surface area (Å²) in [7, 11) is 0. The van der Waals surface area contributed by atoms with Crippen LogP contribution in [0.4, 0.5) is 0 Å². The van der Waals surface area contributed by atoms with Gasteiger partial charge in [-0.3, -0.25) is 14.2 Å². The molecule has 3 aromatic rings. The van der Waals surface area contributed by atoms with Gasteiger partial charge in [-0.2, -0.15) is 0 Å². The Morgan fingerprint density at radius 1 is 1.46 bits per heavy atom. The summed E-state index contributed by atoms with van der Waals surface area (Å²) in [5, 5.41) is 5.40. The van der Waals surface area contributed by atoms with Crippen LogP contribution in [0.3, 0.4) is 0 Å². The van der Waals surface area contributed by atoms with Crippen LogP contribution in [0.2, 0.25) is 0 Å². The molecule has 1 fully saturated rings. The molecule has 1 saturated heterocycles. The summed E-state index contributed by atoms with van der Waals surface area (Å²) < 4.78 is 6.88. The van der Waals surface area contributed by atoms with Crippen molar-refractivity contribution < 1.29 is 9.53 Å². The van der Waals surface area contributed by atoms with Gasteiger partial charge in [-0.05, 0) is 31.9 Å². The van der Waals surface area contributed by atoms with Crippen LogP contribution in [0.15, 0.2) is 28.6 Å². The average Bonchev–Trinajstić information content (AvgIpc) is 3.35. The minimum Gasteiger partial charge on any atom is -0.376 e. The fourth-order valence-corrected chi connectivity index (χ4v) is 4.95. The van der Waals surface area contributed by atoms with Gasteiger partial charge in [0.25, 0.3) is 5.56 Å². The lowest BCUT2D eigenvalue weighted by atomic mass is 10.2. The summed E-state index contributed by atoms with van der Waals surface area (Å²) in [6.45, 7) is 3.25. The maximum atomic E-state index is 12.9. The molecule has 0 spiro atoms. The van der Waals surface area contributed by atoms with Crippen molar-refractivity contribution in [3.63, 3.8) is 0 Å². The van der Waals surface area contributed by atoms with Crippen molar-refractivity contribution >= 4 is 38.8 Å². The quantitative estimate of drug-likeness (QED) is 0.728. The number of carbonyl (C=O) groups is 1. The van der Waals surface area contributed by atoms with E-state index in [0.717, 1.165) is 29.9 Å². The number of hydrogen-bond donors (Lipinski definition) is 1. The van der Waals surface area contributed by atoms with Crippen molar-refractivity contribution in [3.05, 3.63) is 39.1 Å². The van der Waals surface area contributed by atoms with Crippen LogP contribution in [0.25, 0.3) is 20.7 Å². The van der Waals surface area contributed by atoms with E-state index < -0.39 is 0 Å². The molecule has 0 saturated carbocycles. The number of ether oxygens (including phenoxy) is 1. The third kappa shape index (κ3) is 3.44. The highest BCUT2D eigenvalue weighted by atomic mass is 32.1. The van der Waals surface area contributed by atoms with Crippen LogP contribution in [0.1, 0.15) is 17.7 Å². The Balaban J connectivity index is 1.57. The van der Waals surface area contributed by atoms with Gasteiger partial charge >= 0.3 is 0 Å². The smallest absolute Gasteiger partial charge is 0.263 e. The molecule has 0 aliphatic carbocycles. The monoisotopic (exact) mass is 389 g/mol. The molecule has 0 aromatic carbocycles. The lowest BCUT2D eigenvalue weighted by Crippen LogP contribution is -2.36. The minimum absolute atomic E-state index is 0.0345. The Bertz CT molecular complexity index is 999. The van der Waals surface area contributed by atoms with Crippen LogP contribution in [-0.2, 0) is 16.1 Å². The molecule has 3 aromatic heterocycles. The maximum Gasteiger partial charge on any atom is 0.263 e.